The highest BCUT2D eigenvalue weighted by Crippen LogP contribution is 2.66. The van der Waals surface area contributed by atoms with Gasteiger partial charge in [-0.25, -0.2) is 9.13 Å². The average molecular weight is 683 g/mol. The Labute approximate surface area is 280 Å². The summed E-state index contributed by atoms with van der Waals surface area (Å²) >= 11 is 0. The molecule has 0 aromatic carbocycles. The standard InChI is InChI=1S/C36H76O7P2/c1-5-9-13-17-21-25-29-33-39-44(37,40-34-30-26-22-18-14-10-6-2)43-45(38,41-35-31-27-23-19-15-11-7-3)42-36-32-28-24-20-16-12-8-4/h5-36H2,1-4H3. The molecule has 0 N–H and O–H groups in total. The Morgan fingerprint density at radius 1 is 0.289 bits per heavy atom. The fraction of sp³-hybridized carbons (Fsp3) is 1.00. The van der Waals surface area contributed by atoms with Gasteiger partial charge in [0.2, 0.25) is 0 Å². The van der Waals surface area contributed by atoms with Crippen LogP contribution in [0.1, 0.15) is 207 Å². The molecule has 0 aromatic rings. The number of phosphoric ester groups is 2. The van der Waals surface area contributed by atoms with Crippen LogP contribution in [0.25, 0.3) is 0 Å². The zero-order chi connectivity index (χ0) is 33.2. The van der Waals surface area contributed by atoms with Crippen molar-refractivity contribution in [2.45, 2.75) is 207 Å². The maximum atomic E-state index is 13.8. The normalized spacial score (nSPS) is 12.4. The van der Waals surface area contributed by atoms with Crippen LogP contribution >= 0.6 is 15.6 Å². The summed E-state index contributed by atoms with van der Waals surface area (Å²) in [5.74, 6) is 0. The van der Waals surface area contributed by atoms with Crippen molar-refractivity contribution in [2.24, 2.45) is 0 Å². The predicted molar refractivity (Wildman–Crippen MR) is 192 cm³/mol. The van der Waals surface area contributed by atoms with Crippen LogP contribution in [-0.4, -0.2) is 26.4 Å². The van der Waals surface area contributed by atoms with Crippen molar-refractivity contribution in [3.8, 4) is 0 Å². The van der Waals surface area contributed by atoms with Crippen LogP contribution in [0.15, 0.2) is 0 Å². The third kappa shape index (κ3) is 31.3. The van der Waals surface area contributed by atoms with E-state index in [0.717, 1.165) is 77.0 Å². The maximum absolute atomic E-state index is 13.8. The minimum absolute atomic E-state index is 0.234. The third-order valence-corrected chi connectivity index (χ3v) is 11.8. The Morgan fingerprint density at radius 2 is 0.467 bits per heavy atom. The Morgan fingerprint density at radius 3 is 0.667 bits per heavy atom. The Balaban J connectivity index is 5.09. The molecule has 0 aliphatic rings. The topological polar surface area (TPSA) is 80.3 Å². The second-order valence-corrected chi connectivity index (χ2v) is 16.3. The van der Waals surface area contributed by atoms with Crippen LogP contribution < -0.4 is 0 Å². The zero-order valence-electron chi connectivity index (χ0n) is 30.4. The van der Waals surface area contributed by atoms with E-state index in [1.807, 2.05) is 0 Å². The molecule has 0 saturated carbocycles. The molecule has 0 amide bonds. The molecule has 0 unspecified atom stereocenters. The van der Waals surface area contributed by atoms with Crippen LogP contribution in [-0.2, 0) is 31.5 Å². The second-order valence-electron chi connectivity index (χ2n) is 12.8. The lowest BCUT2D eigenvalue weighted by atomic mass is 10.1. The molecule has 0 heterocycles. The molecular formula is C36H76O7P2. The SMILES string of the molecule is CCCCCCCCCOP(=O)(OCCCCCCCCC)OP(=O)(OCCCCCCCCC)OCCCCCCCCC. The van der Waals surface area contributed by atoms with Gasteiger partial charge in [-0.05, 0) is 25.7 Å². The number of hydrogen-bond donors (Lipinski definition) is 0. The number of rotatable bonds is 38. The molecule has 45 heavy (non-hydrogen) atoms. The Kier molecular flexibility index (Phi) is 34.3. The number of phosphoric acid groups is 2. The van der Waals surface area contributed by atoms with Gasteiger partial charge < -0.3 is 0 Å². The largest absolute Gasteiger partial charge is 0.483 e. The van der Waals surface area contributed by atoms with Gasteiger partial charge in [-0.3, -0.25) is 18.1 Å². The summed E-state index contributed by atoms with van der Waals surface area (Å²) in [7, 11) is -8.27. The van der Waals surface area contributed by atoms with Crippen molar-refractivity contribution >= 4 is 15.6 Å². The summed E-state index contributed by atoms with van der Waals surface area (Å²) in [5.41, 5.74) is 0. The fourth-order valence-corrected chi connectivity index (χ4v) is 8.53. The Hall–Kier alpha value is 0.260. The highest BCUT2D eigenvalue weighted by molar-refractivity contribution is 7.62. The maximum Gasteiger partial charge on any atom is 0.483 e. The van der Waals surface area contributed by atoms with Crippen LogP contribution in [0, 0.1) is 0 Å². The van der Waals surface area contributed by atoms with Gasteiger partial charge in [-0.15, -0.1) is 0 Å². The lowest BCUT2D eigenvalue weighted by Gasteiger charge is -2.23. The van der Waals surface area contributed by atoms with Gasteiger partial charge in [0, 0.05) is 0 Å². The third-order valence-electron chi connectivity index (χ3n) is 8.19. The highest BCUT2D eigenvalue weighted by atomic mass is 31.3. The smallest absolute Gasteiger partial charge is 0.287 e. The van der Waals surface area contributed by atoms with E-state index in [2.05, 4.69) is 27.7 Å². The predicted octanol–water partition coefficient (Wildman–Crippen LogP) is 14.3. The van der Waals surface area contributed by atoms with Crippen molar-refractivity contribution in [3.05, 3.63) is 0 Å². The second kappa shape index (κ2) is 34.1. The molecule has 0 aliphatic carbocycles. The lowest BCUT2D eigenvalue weighted by molar-refractivity contribution is 0.105. The van der Waals surface area contributed by atoms with E-state index in [1.165, 1.54) is 103 Å². The molecule has 0 fully saturated rings. The van der Waals surface area contributed by atoms with E-state index < -0.39 is 15.6 Å². The number of unbranched alkanes of at least 4 members (excludes halogenated alkanes) is 24. The van der Waals surface area contributed by atoms with Crippen LogP contribution in [0.2, 0.25) is 0 Å². The molecule has 0 rings (SSSR count). The summed E-state index contributed by atoms with van der Waals surface area (Å²) in [4.78, 5) is 0. The Bertz CT molecular complexity index is 588. The van der Waals surface area contributed by atoms with Gasteiger partial charge in [0.05, 0.1) is 26.4 Å². The van der Waals surface area contributed by atoms with Crippen molar-refractivity contribution in [3.63, 3.8) is 0 Å². The van der Waals surface area contributed by atoms with Gasteiger partial charge in [0.15, 0.2) is 0 Å². The first kappa shape index (κ1) is 45.3. The van der Waals surface area contributed by atoms with Crippen LogP contribution in [0.3, 0.4) is 0 Å². The van der Waals surface area contributed by atoms with Gasteiger partial charge in [0.25, 0.3) is 0 Å². The molecular weight excluding hydrogens is 606 g/mol. The molecule has 0 spiro atoms. The highest BCUT2D eigenvalue weighted by Gasteiger charge is 2.40. The van der Waals surface area contributed by atoms with E-state index >= 15 is 0 Å². The quantitative estimate of drug-likeness (QED) is 0.0473. The summed E-state index contributed by atoms with van der Waals surface area (Å²) in [6, 6.07) is 0. The molecule has 0 bridgehead atoms. The van der Waals surface area contributed by atoms with Crippen molar-refractivity contribution in [1.82, 2.24) is 0 Å². The van der Waals surface area contributed by atoms with Crippen molar-refractivity contribution in [1.29, 1.82) is 0 Å². The summed E-state index contributed by atoms with van der Waals surface area (Å²) in [6.07, 6.45) is 31.2. The summed E-state index contributed by atoms with van der Waals surface area (Å²) in [6.45, 7) is 9.80. The van der Waals surface area contributed by atoms with E-state index in [4.69, 9.17) is 22.4 Å². The molecule has 9 heteroatoms. The van der Waals surface area contributed by atoms with Gasteiger partial charge >= 0.3 is 15.6 Å². The first-order valence-corrected chi connectivity index (χ1v) is 22.4. The molecule has 7 nitrogen and oxygen atoms in total. The van der Waals surface area contributed by atoms with Crippen molar-refractivity contribution < 1.29 is 31.5 Å². The molecule has 0 saturated heterocycles. The summed E-state index contributed by atoms with van der Waals surface area (Å²) in [5, 5.41) is 0. The van der Waals surface area contributed by atoms with E-state index in [9.17, 15) is 9.13 Å². The zero-order valence-corrected chi connectivity index (χ0v) is 32.2. The van der Waals surface area contributed by atoms with E-state index in [1.54, 1.807) is 0 Å². The van der Waals surface area contributed by atoms with Crippen molar-refractivity contribution in [2.75, 3.05) is 26.4 Å². The monoisotopic (exact) mass is 683 g/mol. The minimum Gasteiger partial charge on any atom is -0.287 e. The molecule has 272 valence electrons. The molecule has 0 aromatic heterocycles. The molecule has 0 aliphatic heterocycles. The van der Waals surface area contributed by atoms with Gasteiger partial charge in [-0.1, -0.05) is 182 Å². The first-order valence-electron chi connectivity index (χ1n) is 19.4. The summed E-state index contributed by atoms with van der Waals surface area (Å²) < 4.78 is 56.4. The minimum atomic E-state index is -4.13. The fourth-order valence-electron chi connectivity index (χ4n) is 5.23. The average Bonchev–Trinajstić information content (AvgIpc) is 3.02. The molecule has 0 radical (unpaired) electrons. The molecule has 0 atom stereocenters. The van der Waals surface area contributed by atoms with Crippen LogP contribution in [0.4, 0.5) is 0 Å². The van der Waals surface area contributed by atoms with E-state index in [-0.39, 0.29) is 26.4 Å². The number of hydrogen-bond acceptors (Lipinski definition) is 7. The van der Waals surface area contributed by atoms with Gasteiger partial charge in [0.1, 0.15) is 0 Å². The van der Waals surface area contributed by atoms with E-state index in [0.29, 0.717) is 0 Å². The van der Waals surface area contributed by atoms with Gasteiger partial charge in [-0.2, -0.15) is 4.31 Å². The lowest BCUT2D eigenvalue weighted by Crippen LogP contribution is -2.07. The van der Waals surface area contributed by atoms with Crippen LogP contribution in [0.5, 0.6) is 0 Å². The first-order chi connectivity index (χ1) is 21.9.